The molecule has 1 aliphatic heterocycles. The molecular formula is C27H25ClN4O4. The molecular weight excluding hydrogens is 480 g/mol. The average Bonchev–Trinajstić information content (AvgIpc) is 2.99. The molecule has 0 unspecified atom stereocenters. The predicted molar refractivity (Wildman–Crippen MR) is 138 cm³/mol. The van der Waals surface area contributed by atoms with Gasteiger partial charge < -0.3 is 20.3 Å². The number of benzene rings is 3. The molecule has 0 aliphatic carbocycles. The Bertz CT molecular complexity index is 1310. The van der Waals surface area contributed by atoms with Gasteiger partial charge in [-0.15, -0.1) is 0 Å². The zero-order chi connectivity index (χ0) is 25.7. The van der Waals surface area contributed by atoms with Crippen LogP contribution in [0.2, 0.25) is 5.02 Å². The van der Waals surface area contributed by atoms with Gasteiger partial charge in [0.1, 0.15) is 11.8 Å². The third-order valence-electron chi connectivity index (χ3n) is 5.64. The smallest absolute Gasteiger partial charge is 0.272 e. The molecule has 1 aliphatic rings. The van der Waals surface area contributed by atoms with Crippen molar-refractivity contribution < 1.29 is 19.1 Å². The van der Waals surface area contributed by atoms with Crippen molar-refractivity contribution in [3.8, 4) is 5.75 Å². The molecule has 3 aromatic carbocycles. The summed E-state index contributed by atoms with van der Waals surface area (Å²) in [5.41, 5.74) is 2.85. The van der Waals surface area contributed by atoms with Crippen molar-refractivity contribution in [3.05, 3.63) is 95.0 Å². The van der Waals surface area contributed by atoms with Gasteiger partial charge >= 0.3 is 0 Å². The molecule has 3 aromatic rings. The van der Waals surface area contributed by atoms with E-state index in [9.17, 15) is 14.4 Å². The van der Waals surface area contributed by atoms with E-state index in [-0.39, 0.29) is 6.61 Å². The highest BCUT2D eigenvalue weighted by Crippen LogP contribution is 2.27. The number of nitrogens with one attached hydrogen (secondary N) is 2. The molecule has 4 rings (SSSR count). The number of para-hydroxylation sites is 2. The van der Waals surface area contributed by atoms with Gasteiger partial charge in [-0.25, -0.2) is 4.99 Å². The van der Waals surface area contributed by atoms with E-state index in [1.165, 1.54) is 11.8 Å². The molecule has 0 aromatic heterocycles. The number of rotatable bonds is 7. The van der Waals surface area contributed by atoms with Gasteiger partial charge in [0.25, 0.3) is 11.8 Å². The summed E-state index contributed by atoms with van der Waals surface area (Å²) in [5.74, 6) is -1.11. The van der Waals surface area contributed by atoms with Crippen LogP contribution in [0.3, 0.4) is 0 Å². The van der Waals surface area contributed by atoms with Crippen LogP contribution in [-0.2, 0) is 14.4 Å². The summed E-state index contributed by atoms with van der Waals surface area (Å²) in [6.07, 6.45) is -1.18. The van der Waals surface area contributed by atoms with E-state index in [2.05, 4.69) is 15.6 Å². The van der Waals surface area contributed by atoms with Crippen molar-refractivity contribution in [2.24, 2.45) is 4.99 Å². The molecule has 3 amide bonds. The Labute approximate surface area is 213 Å². The fraction of sp³-hybridized carbons (Fsp3) is 0.185. The van der Waals surface area contributed by atoms with Crippen molar-refractivity contribution in [1.29, 1.82) is 0 Å². The van der Waals surface area contributed by atoms with E-state index in [0.717, 1.165) is 11.1 Å². The van der Waals surface area contributed by atoms with Gasteiger partial charge in [0.05, 0.1) is 16.4 Å². The first-order chi connectivity index (χ1) is 17.3. The average molecular weight is 505 g/mol. The van der Waals surface area contributed by atoms with Crippen LogP contribution in [0.4, 0.5) is 5.69 Å². The quantitative estimate of drug-likeness (QED) is 0.516. The minimum Gasteiger partial charge on any atom is -0.482 e. The lowest BCUT2D eigenvalue weighted by Gasteiger charge is -2.22. The van der Waals surface area contributed by atoms with Crippen LogP contribution in [0.15, 0.2) is 83.9 Å². The van der Waals surface area contributed by atoms with Crippen LogP contribution >= 0.6 is 11.6 Å². The first-order valence-electron chi connectivity index (χ1n) is 11.3. The molecule has 0 saturated carbocycles. The number of aliphatic imine (C=N–C) groups is 1. The number of amides is 3. The first kappa shape index (κ1) is 24.9. The molecule has 1 heterocycles. The molecule has 0 radical (unpaired) electrons. The molecule has 9 heteroatoms. The second-order valence-corrected chi connectivity index (χ2v) is 8.58. The number of anilines is 1. The lowest BCUT2D eigenvalue weighted by Crippen LogP contribution is -2.52. The second-order valence-electron chi connectivity index (χ2n) is 8.18. The van der Waals surface area contributed by atoms with Gasteiger partial charge in [-0.1, -0.05) is 72.3 Å². The molecule has 0 saturated heterocycles. The number of likely N-dealkylation sites (N-methyl/N-ethyl adjacent to an activating group) is 1. The Morgan fingerprint density at radius 1 is 1.03 bits per heavy atom. The number of hydrogen-bond donors (Lipinski definition) is 2. The number of halogens is 1. The molecule has 0 bridgehead atoms. The fourth-order valence-electron chi connectivity index (χ4n) is 3.76. The Balaban J connectivity index is 1.49. The van der Waals surface area contributed by atoms with Gasteiger partial charge in [0.15, 0.2) is 6.61 Å². The number of carbonyl (C=O) groups is 3. The third-order valence-corrected chi connectivity index (χ3v) is 5.95. The van der Waals surface area contributed by atoms with Crippen molar-refractivity contribution in [3.63, 3.8) is 0 Å². The summed E-state index contributed by atoms with van der Waals surface area (Å²) < 4.78 is 5.42. The van der Waals surface area contributed by atoms with Gasteiger partial charge in [0.2, 0.25) is 12.1 Å². The Hall–Kier alpha value is -4.17. The van der Waals surface area contributed by atoms with Gasteiger partial charge in [-0.05, 0) is 25.1 Å². The number of benzodiazepines with no additional fused rings is 1. The summed E-state index contributed by atoms with van der Waals surface area (Å²) in [6, 6.07) is 22.7. The maximum absolute atomic E-state index is 13.2. The van der Waals surface area contributed by atoms with Crippen molar-refractivity contribution in [2.75, 3.05) is 18.6 Å². The van der Waals surface area contributed by atoms with Gasteiger partial charge in [-0.2, -0.15) is 0 Å². The van der Waals surface area contributed by atoms with Crippen LogP contribution in [-0.4, -0.2) is 49.3 Å². The van der Waals surface area contributed by atoms with E-state index in [1.807, 2.05) is 54.6 Å². The molecule has 0 fully saturated rings. The number of ether oxygens (including phenoxy) is 1. The minimum atomic E-state index is -1.18. The maximum atomic E-state index is 13.2. The van der Waals surface area contributed by atoms with E-state index in [4.69, 9.17) is 16.3 Å². The molecule has 36 heavy (non-hydrogen) atoms. The summed E-state index contributed by atoms with van der Waals surface area (Å²) >= 11 is 6.03. The number of fused-ring (bicyclic) bond motifs is 1. The van der Waals surface area contributed by atoms with E-state index < -0.39 is 29.9 Å². The maximum Gasteiger partial charge on any atom is 0.272 e. The topological polar surface area (TPSA) is 100 Å². The SMILES string of the molecule is C[C@H](NC(=O)COc1ccccc1Cl)C(=O)N[C@H]1N=C(c2ccccc2)c2ccccc2N(C)C1=O. The Morgan fingerprint density at radius 2 is 1.69 bits per heavy atom. The fourth-order valence-corrected chi connectivity index (χ4v) is 3.95. The lowest BCUT2D eigenvalue weighted by molar-refractivity contribution is -0.131. The molecule has 0 spiro atoms. The number of carbonyl (C=O) groups excluding carboxylic acids is 3. The monoisotopic (exact) mass is 504 g/mol. The van der Waals surface area contributed by atoms with Crippen molar-refractivity contribution >= 4 is 40.7 Å². The molecule has 2 N–H and O–H groups in total. The van der Waals surface area contributed by atoms with Gasteiger partial charge in [-0.3, -0.25) is 14.4 Å². The summed E-state index contributed by atoms with van der Waals surface area (Å²) in [5, 5.41) is 5.61. The predicted octanol–water partition coefficient (Wildman–Crippen LogP) is 3.18. The Kier molecular flexibility index (Phi) is 7.65. The van der Waals surface area contributed by atoms with Crippen LogP contribution in [0, 0.1) is 0 Å². The van der Waals surface area contributed by atoms with Crippen LogP contribution < -0.4 is 20.3 Å². The highest BCUT2D eigenvalue weighted by Gasteiger charge is 2.32. The second kappa shape index (κ2) is 11.0. The Morgan fingerprint density at radius 3 is 2.44 bits per heavy atom. The van der Waals surface area contributed by atoms with Crippen LogP contribution in [0.5, 0.6) is 5.75 Å². The zero-order valence-electron chi connectivity index (χ0n) is 19.8. The van der Waals surface area contributed by atoms with E-state index >= 15 is 0 Å². The van der Waals surface area contributed by atoms with Crippen LogP contribution in [0.1, 0.15) is 18.1 Å². The zero-order valence-corrected chi connectivity index (χ0v) is 20.5. The largest absolute Gasteiger partial charge is 0.482 e. The van der Waals surface area contributed by atoms with Crippen molar-refractivity contribution in [2.45, 2.75) is 19.1 Å². The van der Waals surface area contributed by atoms with Crippen LogP contribution in [0.25, 0.3) is 0 Å². The normalized spacial score (nSPS) is 15.8. The lowest BCUT2D eigenvalue weighted by atomic mass is 10.0. The summed E-state index contributed by atoms with van der Waals surface area (Å²) in [7, 11) is 1.64. The summed E-state index contributed by atoms with van der Waals surface area (Å²) in [4.78, 5) is 44.6. The van der Waals surface area contributed by atoms with Crippen molar-refractivity contribution in [1.82, 2.24) is 10.6 Å². The third kappa shape index (κ3) is 5.55. The highest BCUT2D eigenvalue weighted by atomic mass is 35.5. The number of nitrogens with zero attached hydrogens (tertiary/aromatic N) is 2. The molecule has 184 valence electrons. The molecule has 2 atom stereocenters. The standard InChI is InChI=1S/C27H25ClN4O4/c1-17(29-23(33)16-36-22-15-9-7-13-20(22)28)26(34)31-25-27(35)32(2)21-14-8-6-12-19(21)24(30-25)18-10-4-3-5-11-18/h3-15,17,25H,16H2,1-2H3,(H,29,33)(H,31,34)/t17-,25+/m0/s1. The minimum absolute atomic E-state index is 0.321. The van der Waals surface area contributed by atoms with Gasteiger partial charge in [0, 0.05) is 18.2 Å². The molecule has 8 nitrogen and oxygen atoms in total. The highest BCUT2D eigenvalue weighted by molar-refractivity contribution is 6.32. The number of hydrogen-bond acceptors (Lipinski definition) is 5. The van der Waals surface area contributed by atoms with E-state index in [0.29, 0.717) is 22.2 Å². The summed E-state index contributed by atoms with van der Waals surface area (Å²) in [6.45, 7) is 1.20. The van der Waals surface area contributed by atoms with E-state index in [1.54, 1.807) is 31.3 Å². The first-order valence-corrected chi connectivity index (χ1v) is 11.7.